The number of amides is 1. The molecule has 0 N–H and O–H groups in total. The molecular weight excluding hydrogens is 302 g/mol. The number of allylic oxidation sites excluding steroid dienone is 2. The summed E-state index contributed by atoms with van der Waals surface area (Å²) in [5.41, 5.74) is 1.48. The fraction of sp³-hybridized carbons (Fsp3) is 0.611. The molecule has 2 atom stereocenters. The molecule has 2 heterocycles. The number of nitriles is 1. The summed E-state index contributed by atoms with van der Waals surface area (Å²) >= 11 is 0. The van der Waals surface area contributed by atoms with E-state index in [1.54, 1.807) is 6.08 Å². The van der Waals surface area contributed by atoms with Gasteiger partial charge in [0.2, 0.25) is 5.91 Å². The second-order valence-electron chi connectivity index (χ2n) is 6.92. The minimum absolute atomic E-state index is 0.121. The quantitative estimate of drug-likeness (QED) is 0.784. The highest BCUT2D eigenvalue weighted by Gasteiger charge is 2.32. The van der Waals surface area contributed by atoms with Crippen molar-refractivity contribution in [2.75, 3.05) is 40.3 Å². The number of nitrogens with zero attached hydrogens (tertiary/aromatic N) is 5. The third kappa shape index (κ3) is 4.68. The smallest absolute Gasteiger partial charge is 0.241 e. The van der Waals surface area contributed by atoms with Crippen LogP contribution < -0.4 is 0 Å². The molecular formula is C18H27N5O. The van der Waals surface area contributed by atoms with Crippen molar-refractivity contribution in [1.82, 2.24) is 14.8 Å². The second-order valence-corrected chi connectivity index (χ2v) is 6.92. The predicted octanol–water partition coefficient (Wildman–Crippen LogP) is 1.48. The largest absolute Gasteiger partial charge is 0.344 e. The van der Waals surface area contributed by atoms with Crippen LogP contribution in [0.15, 0.2) is 28.9 Å². The first-order valence-electron chi connectivity index (χ1n) is 8.46. The van der Waals surface area contributed by atoms with Gasteiger partial charge in [-0.15, -0.1) is 0 Å². The van der Waals surface area contributed by atoms with Gasteiger partial charge in [-0.1, -0.05) is 19.9 Å². The predicted molar refractivity (Wildman–Crippen MR) is 95.4 cm³/mol. The molecule has 24 heavy (non-hydrogen) atoms. The molecule has 0 spiro atoms. The van der Waals surface area contributed by atoms with E-state index in [2.05, 4.69) is 29.9 Å². The molecule has 2 rings (SSSR count). The molecule has 0 aliphatic carbocycles. The number of likely N-dealkylation sites (N-methyl/N-ethyl adjacent to an activating group) is 2. The number of hydrogen-bond acceptors (Lipinski definition) is 5. The highest BCUT2D eigenvalue weighted by Crippen LogP contribution is 2.15. The first kappa shape index (κ1) is 18.2. The number of carbonyl (C=O) groups excluding carboxylic acids is 1. The first-order chi connectivity index (χ1) is 11.4. The molecule has 6 heteroatoms. The Hall–Kier alpha value is -2.13. The summed E-state index contributed by atoms with van der Waals surface area (Å²) < 4.78 is 0. The summed E-state index contributed by atoms with van der Waals surface area (Å²) in [5, 5.41) is 15.5. The minimum atomic E-state index is -0.254. The molecule has 2 unspecified atom stereocenters. The molecule has 0 fully saturated rings. The van der Waals surface area contributed by atoms with Crippen LogP contribution >= 0.6 is 0 Å². The summed E-state index contributed by atoms with van der Waals surface area (Å²) in [5.74, 6) is 0.690. The summed E-state index contributed by atoms with van der Waals surface area (Å²) in [6, 6.07) is 1.92. The Morgan fingerprint density at radius 1 is 1.50 bits per heavy atom. The van der Waals surface area contributed by atoms with Gasteiger partial charge in [-0.2, -0.15) is 10.4 Å². The van der Waals surface area contributed by atoms with Crippen molar-refractivity contribution in [2.45, 2.75) is 26.3 Å². The van der Waals surface area contributed by atoms with Crippen molar-refractivity contribution in [3.63, 3.8) is 0 Å². The molecule has 0 aromatic carbocycles. The van der Waals surface area contributed by atoms with Crippen LogP contribution in [0.1, 0.15) is 20.3 Å². The van der Waals surface area contributed by atoms with Gasteiger partial charge in [0.15, 0.2) is 0 Å². The van der Waals surface area contributed by atoms with Gasteiger partial charge < -0.3 is 4.90 Å². The van der Waals surface area contributed by atoms with Crippen molar-refractivity contribution < 1.29 is 4.79 Å². The lowest BCUT2D eigenvalue weighted by molar-refractivity contribution is -0.135. The Labute approximate surface area is 144 Å². The van der Waals surface area contributed by atoms with Gasteiger partial charge in [0.25, 0.3) is 0 Å². The van der Waals surface area contributed by atoms with Crippen molar-refractivity contribution in [1.29, 1.82) is 5.26 Å². The van der Waals surface area contributed by atoms with Crippen LogP contribution in [0.4, 0.5) is 0 Å². The summed E-state index contributed by atoms with van der Waals surface area (Å²) in [7, 11) is 3.76. The number of rotatable bonds is 4. The molecule has 2 bridgehead atoms. The number of hydrogen-bond donors (Lipinski definition) is 0. The van der Waals surface area contributed by atoms with Gasteiger partial charge in [0.05, 0.1) is 18.3 Å². The summed E-state index contributed by atoms with van der Waals surface area (Å²) in [6.45, 7) is 6.84. The van der Waals surface area contributed by atoms with Gasteiger partial charge in [-0.05, 0) is 24.5 Å². The third-order valence-electron chi connectivity index (χ3n) is 4.38. The molecule has 0 saturated carbocycles. The van der Waals surface area contributed by atoms with Crippen LogP contribution in [-0.4, -0.2) is 72.7 Å². The van der Waals surface area contributed by atoms with E-state index < -0.39 is 0 Å². The Kier molecular flexibility index (Phi) is 6.16. The van der Waals surface area contributed by atoms with Crippen LogP contribution in [-0.2, 0) is 4.79 Å². The summed E-state index contributed by atoms with van der Waals surface area (Å²) in [4.78, 5) is 16.9. The molecule has 0 saturated heterocycles. The fourth-order valence-corrected chi connectivity index (χ4v) is 2.86. The van der Waals surface area contributed by atoms with E-state index in [-0.39, 0.29) is 11.9 Å². The second kappa shape index (κ2) is 8.11. The molecule has 0 radical (unpaired) electrons. The number of carbonyl (C=O) groups is 1. The lowest BCUT2D eigenvalue weighted by Crippen LogP contribution is -2.52. The maximum Gasteiger partial charge on any atom is 0.241 e. The van der Waals surface area contributed by atoms with Crippen molar-refractivity contribution >= 4 is 11.6 Å². The maximum atomic E-state index is 13.0. The topological polar surface area (TPSA) is 62.9 Å². The molecule has 6 nitrogen and oxygen atoms in total. The summed E-state index contributed by atoms with van der Waals surface area (Å²) in [6.07, 6.45) is 6.54. The monoisotopic (exact) mass is 329 g/mol. The Morgan fingerprint density at radius 3 is 2.92 bits per heavy atom. The SMILES string of the molecule is CC(C)CCN(C)C(=O)C1CN(C)N=C2/C=C\C(C#N)=CCN1C2. The molecule has 1 amide bonds. The molecule has 2 aliphatic heterocycles. The van der Waals surface area contributed by atoms with E-state index in [4.69, 9.17) is 5.26 Å². The van der Waals surface area contributed by atoms with Gasteiger partial charge in [0.1, 0.15) is 6.04 Å². The highest BCUT2D eigenvalue weighted by molar-refractivity contribution is 5.98. The van der Waals surface area contributed by atoms with Crippen LogP contribution in [0.2, 0.25) is 0 Å². The first-order valence-corrected chi connectivity index (χ1v) is 8.46. The third-order valence-corrected chi connectivity index (χ3v) is 4.38. The van der Waals surface area contributed by atoms with Gasteiger partial charge >= 0.3 is 0 Å². The standard InChI is InChI=1S/C18H27N5O/c1-14(2)7-9-21(3)18(24)17-13-22(4)20-16-6-5-15(11-19)8-10-23(17)12-16/h5-6,8,14,17H,7,9-10,12-13H2,1-4H3/b6-5-,15-8?. The van der Waals surface area contributed by atoms with E-state index >= 15 is 0 Å². The zero-order valence-electron chi connectivity index (χ0n) is 15.1. The van der Waals surface area contributed by atoms with Gasteiger partial charge in [0, 0.05) is 39.3 Å². The van der Waals surface area contributed by atoms with Crippen LogP contribution in [0.5, 0.6) is 0 Å². The Morgan fingerprint density at radius 2 is 2.25 bits per heavy atom. The van der Waals surface area contributed by atoms with Crippen LogP contribution in [0.3, 0.4) is 0 Å². The zero-order chi connectivity index (χ0) is 17.7. The zero-order valence-corrected chi connectivity index (χ0v) is 15.1. The van der Waals surface area contributed by atoms with Crippen LogP contribution in [0.25, 0.3) is 0 Å². The van der Waals surface area contributed by atoms with Crippen molar-refractivity contribution in [3.8, 4) is 6.07 Å². The van der Waals surface area contributed by atoms with E-state index in [1.165, 1.54) is 0 Å². The Balaban J connectivity index is 2.19. The van der Waals surface area contributed by atoms with Gasteiger partial charge in [-0.3, -0.25) is 14.7 Å². The number of fused-ring (bicyclic) bond motifs is 2. The normalized spacial score (nSPS) is 24.9. The average Bonchev–Trinajstić information content (AvgIpc) is 2.69. The van der Waals surface area contributed by atoms with E-state index in [9.17, 15) is 4.79 Å². The van der Waals surface area contributed by atoms with Crippen molar-refractivity contribution in [3.05, 3.63) is 23.8 Å². The van der Waals surface area contributed by atoms with E-state index in [1.807, 2.05) is 36.2 Å². The van der Waals surface area contributed by atoms with E-state index in [0.717, 1.165) is 18.7 Å². The van der Waals surface area contributed by atoms with Crippen molar-refractivity contribution in [2.24, 2.45) is 11.0 Å². The van der Waals surface area contributed by atoms with Crippen LogP contribution in [0, 0.1) is 17.2 Å². The lowest BCUT2D eigenvalue weighted by Gasteiger charge is -2.32. The minimum Gasteiger partial charge on any atom is -0.344 e. The molecule has 0 aromatic heterocycles. The van der Waals surface area contributed by atoms with E-state index in [0.29, 0.717) is 31.1 Å². The number of hydrazone groups is 1. The highest BCUT2D eigenvalue weighted by atomic mass is 16.2. The fourth-order valence-electron chi connectivity index (χ4n) is 2.86. The molecule has 0 aromatic rings. The van der Waals surface area contributed by atoms with Gasteiger partial charge in [-0.25, -0.2) is 0 Å². The molecule has 130 valence electrons. The maximum absolute atomic E-state index is 13.0. The molecule has 2 aliphatic rings. The average molecular weight is 329 g/mol. The lowest BCUT2D eigenvalue weighted by atomic mass is 10.1. The Bertz CT molecular complexity index is 599.